The van der Waals surface area contributed by atoms with Gasteiger partial charge in [-0.2, -0.15) is 0 Å². The molecule has 2 rings (SSSR count). The van der Waals surface area contributed by atoms with Gasteiger partial charge in [-0.25, -0.2) is 4.39 Å². The van der Waals surface area contributed by atoms with E-state index in [2.05, 4.69) is 18.7 Å². The molecule has 1 N–H and O–H groups in total. The van der Waals surface area contributed by atoms with Crippen LogP contribution in [0.25, 0.3) is 0 Å². The van der Waals surface area contributed by atoms with Gasteiger partial charge in [0.05, 0.1) is 5.60 Å². The van der Waals surface area contributed by atoms with Gasteiger partial charge >= 0.3 is 0 Å². The van der Waals surface area contributed by atoms with Gasteiger partial charge in [-0.15, -0.1) is 0 Å². The molecule has 0 aromatic heterocycles. The number of nitrogens with zero attached hydrogens (tertiary/aromatic N) is 1. The summed E-state index contributed by atoms with van der Waals surface area (Å²) in [6, 6.07) is 7.08. The fraction of sp³-hybridized carbons (Fsp3) is 0.600. The van der Waals surface area contributed by atoms with E-state index in [1.165, 1.54) is 6.07 Å². The number of hydrogen-bond donors (Lipinski definition) is 1. The molecule has 1 heterocycles. The predicted octanol–water partition coefficient (Wildman–Crippen LogP) is 2.91. The lowest BCUT2D eigenvalue weighted by molar-refractivity contribution is 0.0170. The summed E-state index contributed by atoms with van der Waals surface area (Å²) in [6.45, 7) is 6.12. The van der Waals surface area contributed by atoms with E-state index in [0.717, 1.165) is 19.5 Å². The molecular weight excluding hydrogens is 229 g/mol. The highest BCUT2D eigenvalue weighted by atomic mass is 19.1. The van der Waals surface area contributed by atoms with Crippen LogP contribution in [0.1, 0.15) is 38.7 Å². The first-order valence-corrected chi connectivity index (χ1v) is 6.74. The molecule has 3 heteroatoms. The van der Waals surface area contributed by atoms with E-state index >= 15 is 0 Å². The van der Waals surface area contributed by atoms with Crippen molar-refractivity contribution in [2.24, 2.45) is 0 Å². The molecule has 1 aromatic rings. The Kier molecular flexibility index (Phi) is 4.03. The molecule has 1 aromatic carbocycles. The van der Waals surface area contributed by atoms with Crippen LogP contribution in [0.15, 0.2) is 24.3 Å². The van der Waals surface area contributed by atoms with Gasteiger partial charge in [-0.1, -0.05) is 18.2 Å². The summed E-state index contributed by atoms with van der Waals surface area (Å²) in [5, 5.41) is 10.7. The van der Waals surface area contributed by atoms with Crippen LogP contribution >= 0.6 is 0 Å². The Hall–Kier alpha value is -0.930. The molecule has 0 amide bonds. The maximum Gasteiger partial charge on any atom is 0.129 e. The van der Waals surface area contributed by atoms with E-state index < -0.39 is 5.60 Å². The van der Waals surface area contributed by atoms with Crippen LogP contribution in [0.2, 0.25) is 0 Å². The molecule has 0 bridgehead atoms. The van der Waals surface area contributed by atoms with Crippen LogP contribution in [0, 0.1) is 5.82 Å². The summed E-state index contributed by atoms with van der Waals surface area (Å²) in [6.07, 6.45) is 2.15. The van der Waals surface area contributed by atoms with E-state index in [1.807, 2.05) is 0 Å². The molecule has 100 valence electrons. The van der Waals surface area contributed by atoms with Crippen LogP contribution in [0.3, 0.4) is 0 Å². The van der Waals surface area contributed by atoms with Crippen LogP contribution in [0.5, 0.6) is 0 Å². The normalized spacial score (nSPS) is 26.3. The van der Waals surface area contributed by atoms with Crippen molar-refractivity contribution in [3.05, 3.63) is 35.6 Å². The summed E-state index contributed by atoms with van der Waals surface area (Å²) in [5.41, 5.74) is -0.551. The summed E-state index contributed by atoms with van der Waals surface area (Å²) < 4.78 is 13.8. The second-order valence-corrected chi connectivity index (χ2v) is 5.49. The van der Waals surface area contributed by atoms with Gasteiger partial charge < -0.3 is 10.0 Å². The topological polar surface area (TPSA) is 23.5 Å². The third-order valence-corrected chi connectivity index (χ3v) is 3.95. The lowest BCUT2D eigenvalue weighted by Gasteiger charge is -2.28. The zero-order chi connectivity index (χ0) is 13.2. The third-order valence-electron chi connectivity index (χ3n) is 3.95. The molecule has 18 heavy (non-hydrogen) atoms. The minimum Gasteiger partial charge on any atom is -0.385 e. The van der Waals surface area contributed by atoms with Crippen LogP contribution in [-0.4, -0.2) is 29.1 Å². The zero-order valence-electron chi connectivity index (χ0n) is 11.2. The lowest BCUT2D eigenvalue weighted by atomic mass is 9.86. The maximum atomic E-state index is 13.8. The Bertz CT molecular complexity index is 407. The SMILES string of the molecule is CC(C)N1CCCC(O)(c2ccccc2F)CC1. The Morgan fingerprint density at radius 3 is 2.61 bits per heavy atom. The average molecular weight is 251 g/mol. The highest BCUT2D eigenvalue weighted by Crippen LogP contribution is 2.34. The van der Waals surface area contributed by atoms with Crippen molar-refractivity contribution < 1.29 is 9.50 Å². The van der Waals surface area contributed by atoms with Gasteiger partial charge in [0.2, 0.25) is 0 Å². The van der Waals surface area contributed by atoms with Gasteiger partial charge in [0.15, 0.2) is 0 Å². The van der Waals surface area contributed by atoms with Crippen molar-refractivity contribution >= 4 is 0 Å². The zero-order valence-corrected chi connectivity index (χ0v) is 11.2. The van der Waals surface area contributed by atoms with Crippen molar-refractivity contribution in [3.8, 4) is 0 Å². The Morgan fingerprint density at radius 2 is 1.94 bits per heavy atom. The second-order valence-electron chi connectivity index (χ2n) is 5.49. The molecule has 0 aliphatic carbocycles. The minimum atomic E-state index is -1.00. The number of rotatable bonds is 2. The van der Waals surface area contributed by atoms with Crippen LogP contribution in [0.4, 0.5) is 4.39 Å². The van der Waals surface area contributed by atoms with Crippen molar-refractivity contribution in [2.45, 2.75) is 44.8 Å². The molecule has 1 fully saturated rings. The molecule has 1 atom stereocenters. The molecule has 0 saturated carbocycles. The van der Waals surface area contributed by atoms with E-state index in [9.17, 15) is 9.50 Å². The molecule has 2 nitrogen and oxygen atoms in total. The van der Waals surface area contributed by atoms with E-state index in [4.69, 9.17) is 0 Å². The lowest BCUT2D eigenvalue weighted by Crippen LogP contribution is -2.33. The number of aliphatic hydroxyl groups is 1. The molecule has 1 aliphatic rings. The fourth-order valence-corrected chi connectivity index (χ4v) is 2.76. The smallest absolute Gasteiger partial charge is 0.129 e. The second kappa shape index (κ2) is 5.37. The summed E-state index contributed by atoms with van der Waals surface area (Å²) in [5.74, 6) is -0.294. The van der Waals surface area contributed by atoms with Crippen molar-refractivity contribution in [1.29, 1.82) is 0 Å². The Labute approximate surface area is 108 Å². The third kappa shape index (κ3) is 2.73. The highest BCUT2D eigenvalue weighted by Gasteiger charge is 2.34. The number of benzene rings is 1. The first-order valence-electron chi connectivity index (χ1n) is 6.74. The Morgan fingerprint density at radius 1 is 1.22 bits per heavy atom. The number of hydrogen-bond acceptors (Lipinski definition) is 2. The first-order chi connectivity index (χ1) is 8.53. The van der Waals surface area contributed by atoms with Crippen LogP contribution < -0.4 is 0 Å². The molecule has 0 spiro atoms. The molecule has 1 saturated heterocycles. The number of halogens is 1. The van der Waals surface area contributed by atoms with Crippen molar-refractivity contribution in [2.75, 3.05) is 13.1 Å². The molecule has 1 unspecified atom stereocenters. The van der Waals surface area contributed by atoms with Gasteiger partial charge in [0.25, 0.3) is 0 Å². The molecule has 0 radical (unpaired) electrons. The van der Waals surface area contributed by atoms with Gasteiger partial charge in [0.1, 0.15) is 5.82 Å². The van der Waals surface area contributed by atoms with Gasteiger partial charge in [0, 0.05) is 18.2 Å². The van der Waals surface area contributed by atoms with E-state index in [-0.39, 0.29) is 5.82 Å². The maximum absolute atomic E-state index is 13.8. The van der Waals surface area contributed by atoms with Crippen molar-refractivity contribution in [1.82, 2.24) is 4.90 Å². The van der Waals surface area contributed by atoms with Gasteiger partial charge in [-0.05, 0) is 45.7 Å². The number of likely N-dealkylation sites (tertiary alicyclic amines) is 1. The summed E-state index contributed by atoms with van der Waals surface area (Å²) in [7, 11) is 0. The van der Waals surface area contributed by atoms with E-state index in [0.29, 0.717) is 24.4 Å². The monoisotopic (exact) mass is 251 g/mol. The largest absolute Gasteiger partial charge is 0.385 e. The summed E-state index contributed by atoms with van der Waals surface area (Å²) in [4.78, 5) is 2.35. The van der Waals surface area contributed by atoms with Crippen LogP contribution in [-0.2, 0) is 5.60 Å². The molecule has 1 aliphatic heterocycles. The standard InChI is InChI=1S/C15H22FNO/c1-12(2)17-10-5-8-15(18,9-11-17)13-6-3-4-7-14(13)16/h3-4,6-7,12,18H,5,8-11H2,1-2H3. The van der Waals surface area contributed by atoms with E-state index in [1.54, 1.807) is 18.2 Å². The molecular formula is C15H22FNO. The minimum absolute atomic E-state index is 0.294. The van der Waals surface area contributed by atoms with Gasteiger partial charge in [-0.3, -0.25) is 0 Å². The Balaban J connectivity index is 2.19. The highest BCUT2D eigenvalue weighted by molar-refractivity contribution is 5.24. The first kappa shape index (κ1) is 13.5. The quantitative estimate of drug-likeness (QED) is 0.873. The average Bonchev–Trinajstić information content (AvgIpc) is 2.52. The fourth-order valence-electron chi connectivity index (χ4n) is 2.76. The predicted molar refractivity (Wildman–Crippen MR) is 70.9 cm³/mol. The summed E-state index contributed by atoms with van der Waals surface area (Å²) >= 11 is 0. The van der Waals surface area contributed by atoms with Crippen molar-refractivity contribution in [3.63, 3.8) is 0 Å².